The Labute approximate surface area is 212 Å². The lowest BCUT2D eigenvalue weighted by atomic mass is 9.87. The third kappa shape index (κ3) is 4.09. The molecule has 164 valence electrons. The van der Waals surface area contributed by atoms with Gasteiger partial charge in [0.05, 0.1) is 11.4 Å². The maximum Gasteiger partial charge on any atom is 0.0610 e. The van der Waals surface area contributed by atoms with E-state index in [2.05, 4.69) is 155 Å². The predicted octanol–water partition coefficient (Wildman–Crippen LogP) is 10.3. The number of anilines is 3. The molecule has 0 fully saturated rings. The Bertz CT molecular complexity index is 1380. The van der Waals surface area contributed by atoms with E-state index < -0.39 is 0 Å². The number of benzene rings is 5. The summed E-state index contributed by atoms with van der Waals surface area (Å²) in [5, 5.41) is 4.83. The first-order valence-corrected chi connectivity index (χ1v) is 12.7. The van der Waals surface area contributed by atoms with E-state index >= 15 is 0 Å². The molecule has 0 heterocycles. The van der Waals surface area contributed by atoms with Gasteiger partial charge in [0, 0.05) is 14.6 Å². The van der Waals surface area contributed by atoms with Crippen molar-refractivity contribution in [3.8, 4) is 0 Å². The Kier molecular flexibility index (Phi) is 5.80. The maximum atomic E-state index is 3.94. The third-order valence-electron chi connectivity index (χ3n) is 6.16. The number of fused-ring (bicyclic) bond motifs is 2. The van der Waals surface area contributed by atoms with E-state index in [0.29, 0.717) is 0 Å². The summed E-state index contributed by atoms with van der Waals surface area (Å²) in [6.45, 7) is 6.75. The zero-order valence-electron chi connectivity index (χ0n) is 18.9. The van der Waals surface area contributed by atoms with Crippen molar-refractivity contribution >= 4 is 70.5 Å². The molecular weight excluding hydrogens is 534 g/mol. The summed E-state index contributed by atoms with van der Waals surface area (Å²) < 4.78 is 2.17. The van der Waals surface area contributed by atoms with Crippen molar-refractivity contribution in [2.24, 2.45) is 0 Å². The van der Waals surface area contributed by atoms with Gasteiger partial charge >= 0.3 is 0 Å². The first-order chi connectivity index (χ1) is 15.8. The van der Waals surface area contributed by atoms with Crippen LogP contribution >= 0.6 is 31.9 Å². The minimum atomic E-state index is 0.108. The molecule has 0 saturated carbocycles. The van der Waals surface area contributed by atoms with Gasteiger partial charge in [-0.1, -0.05) is 93.6 Å². The molecule has 5 aromatic rings. The van der Waals surface area contributed by atoms with Crippen molar-refractivity contribution in [3.63, 3.8) is 0 Å². The summed E-state index contributed by atoms with van der Waals surface area (Å²) in [5.41, 5.74) is 4.76. The summed E-state index contributed by atoms with van der Waals surface area (Å²) in [4.78, 5) is 2.33. The lowest BCUT2D eigenvalue weighted by Crippen LogP contribution is -2.14. The fraction of sp³-hybridized carbons (Fsp3) is 0.133. The second-order valence-electron chi connectivity index (χ2n) is 9.37. The van der Waals surface area contributed by atoms with Crippen molar-refractivity contribution in [2.75, 3.05) is 4.90 Å². The number of halogens is 2. The highest BCUT2D eigenvalue weighted by Crippen LogP contribution is 2.46. The van der Waals surface area contributed by atoms with Gasteiger partial charge < -0.3 is 4.90 Å². The van der Waals surface area contributed by atoms with Gasteiger partial charge in [-0.2, -0.15) is 0 Å². The van der Waals surface area contributed by atoms with Gasteiger partial charge in [0.2, 0.25) is 0 Å². The topological polar surface area (TPSA) is 3.24 Å². The molecule has 0 radical (unpaired) electrons. The van der Waals surface area contributed by atoms with E-state index in [1.165, 1.54) is 27.1 Å². The highest BCUT2D eigenvalue weighted by atomic mass is 79.9. The fourth-order valence-electron chi connectivity index (χ4n) is 4.31. The van der Waals surface area contributed by atoms with Gasteiger partial charge in [-0.3, -0.25) is 0 Å². The zero-order valence-corrected chi connectivity index (χ0v) is 22.1. The van der Waals surface area contributed by atoms with Gasteiger partial charge in [-0.05, 0) is 88.6 Å². The van der Waals surface area contributed by atoms with E-state index in [4.69, 9.17) is 0 Å². The van der Waals surface area contributed by atoms with Crippen LogP contribution in [0.1, 0.15) is 26.3 Å². The molecule has 3 heteroatoms. The Balaban J connectivity index is 1.77. The summed E-state index contributed by atoms with van der Waals surface area (Å²) in [6.07, 6.45) is 0. The van der Waals surface area contributed by atoms with Crippen LogP contribution in [0.25, 0.3) is 21.5 Å². The second-order valence-corrected chi connectivity index (χ2v) is 11.0. The predicted molar refractivity (Wildman–Crippen MR) is 150 cm³/mol. The van der Waals surface area contributed by atoms with E-state index in [-0.39, 0.29) is 5.41 Å². The van der Waals surface area contributed by atoms with Crippen LogP contribution in [0.5, 0.6) is 0 Å². The standard InChI is InChI=1S/C30H25Br2N/c1-30(2,3)22-14-16-23(17-15-22)33(26-18-12-20-8-4-6-10-24(20)28(26)31)27-19-13-21-9-5-7-11-25(21)29(27)32/h4-19H,1-3H3. The molecule has 0 bridgehead atoms. The number of hydrogen-bond donors (Lipinski definition) is 0. The van der Waals surface area contributed by atoms with Crippen LogP contribution in [0.3, 0.4) is 0 Å². The Morgan fingerprint density at radius 3 is 1.45 bits per heavy atom. The molecule has 0 aliphatic heterocycles. The highest BCUT2D eigenvalue weighted by molar-refractivity contribution is 9.11. The summed E-state index contributed by atoms with van der Waals surface area (Å²) >= 11 is 7.88. The van der Waals surface area contributed by atoms with Crippen molar-refractivity contribution in [3.05, 3.63) is 112 Å². The molecule has 0 spiro atoms. The molecule has 0 atom stereocenters. The quantitative estimate of drug-likeness (QED) is 0.213. The van der Waals surface area contributed by atoms with Gasteiger partial charge in [-0.15, -0.1) is 0 Å². The normalized spacial score (nSPS) is 11.8. The van der Waals surface area contributed by atoms with Crippen molar-refractivity contribution in [2.45, 2.75) is 26.2 Å². The molecule has 5 aromatic carbocycles. The maximum absolute atomic E-state index is 3.94. The molecule has 0 aliphatic rings. The van der Waals surface area contributed by atoms with E-state index in [1.54, 1.807) is 0 Å². The van der Waals surface area contributed by atoms with Crippen LogP contribution in [-0.2, 0) is 5.41 Å². The van der Waals surface area contributed by atoms with Crippen LogP contribution in [0.4, 0.5) is 17.1 Å². The highest BCUT2D eigenvalue weighted by Gasteiger charge is 2.21. The Hall–Kier alpha value is -2.62. The largest absolute Gasteiger partial charge is 0.308 e. The molecule has 0 unspecified atom stereocenters. The minimum absolute atomic E-state index is 0.108. The molecule has 5 rings (SSSR count). The Morgan fingerprint density at radius 2 is 1.00 bits per heavy atom. The summed E-state index contributed by atoms with van der Waals surface area (Å²) in [6, 6.07) is 34.7. The number of nitrogens with zero attached hydrogens (tertiary/aromatic N) is 1. The molecule has 1 nitrogen and oxygen atoms in total. The zero-order chi connectivity index (χ0) is 23.2. The number of rotatable bonds is 3. The Morgan fingerprint density at radius 1 is 0.545 bits per heavy atom. The van der Waals surface area contributed by atoms with Crippen molar-refractivity contribution in [1.29, 1.82) is 0 Å². The van der Waals surface area contributed by atoms with Crippen LogP contribution < -0.4 is 4.90 Å². The van der Waals surface area contributed by atoms with E-state index in [0.717, 1.165) is 26.0 Å². The average molecular weight is 559 g/mol. The molecular formula is C30H25Br2N. The van der Waals surface area contributed by atoms with Crippen LogP contribution in [0.15, 0.2) is 106 Å². The van der Waals surface area contributed by atoms with Gasteiger partial charge in [0.25, 0.3) is 0 Å². The van der Waals surface area contributed by atoms with Gasteiger partial charge in [-0.25, -0.2) is 0 Å². The smallest absolute Gasteiger partial charge is 0.0610 e. The molecule has 0 N–H and O–H groups in total. The SMILES string of the molecule is CC(C)(C)c1ccc(N(c2ccc3ccccc3c2Br)c2ccc3ccccc3c2Br)cc1. The monoisotopic (exact) mass is 557 g/mol. The fourth-order valence-corrected chi connectivity index (χ4v) is 5.65. The molecule has 0 aromatic heterocycles. The van der Waals surface area contributed by atoms with E-state index in [9.17, 15) is 0 Å². The van der Waals surface area contributed by atoms with Crippen LogP contribution in [0.2, 0.25) is 0 Å². The first-order valence-electron chi connectivity index (χ1n) is 11.1. The van der Waals surface area contributed by atoms with Crippen LogP contribution in [0, 0.1) is 0 Å². The number of hydrogen-bond acceptors (Lipinski definition) is 1. The molecule has 0 amide bonds. The lowest BCUT2D eigenvalue weighted by Gasteiger charge is -2.29. The average Bonchev–Trinajstić information content (AvgIpc) is 2.82. The minimum Gasteiger partial charge on any atom is -0.308 e. The van der Waals surface area contributed by atoms with Crippen molar-refractivity contribution in [1.82, 2.24) is 0 Å². The third-order valence-corrected chi connectivity index (χ3v) is 7.83. The van der Waals surface area contributed by atoms with E-state index in [1.807, 2.05) is 0 Å². The summed E-state index contributed by atoms with van der Waals surface area (Å²) in [5.74, 6) is 0. The van der Waals surface area contributed by atoms with Crippen molar-refractivity contribution < 1.29 is 0 Å². The van der Waals surface area contributed by atoms with Gasteiger partial charge in [0.1, 0.15) is 0 Å². The lowest BCUT2D eigenvalue weighted by molar-refractivity contribution is 0.590. The second kappa shape index (κ2) is 8.62. The molecule has 0 aliphatic carbocycles. The first kappa shape index (κ1) is 22.2. The molecule has 33 heavy (non-hydrogen) atoms. The van der Waals surface area contributed by atoms with Crippen LogP contribution in [-0.4, -0.2) is 0 Å². The van der Waals surface area contributed by atoms with Gasteiger partial charge in [0.15, 0.2) is 0 Å². The molecule has 0 saturated heterocycles. The summed E-state index contributed by atoms with van der Waals surface area (Å²) in [7, 11) is 0.